The Kier molecular flexibility index (Phi) is 5.40. The zero-order valence-electron chi connectivity index (χ0n) is 15.4. The van der Waals surface area contributed by atoms with Crippen molar-refractivity contribution in [2.45, 2.75) is 33.3 Å². The second kappa shape index (κ2) is 7.90. The number of hydrogen-bond donors (Lipinski definition) is 2. The number of fused-ring (bicyclic) bond motifs is 1. The van der Waals surface area contributed by atoms with E-state index in [4.69, 9.17) is 9.26 Å². The topological polar surface area (TPSA) is 93.5 Å². The summed E-state index contributed by atoms with van der Waals surface area (Å²) in [6.07, 6.45) is -0.776. The number of aryl methyl sites for hydroxylation is 1. The number of hydrogen-bond acceptors (Lipinski definition) is 5. The highest BCUT2D eigenvalue weighted by atomic mass is 16.5. The number of nitrogens with one attached hydrogen (secondary N) is 2. The van der Waals surface area contributed by atoms with Crippen LogP contribution in [0.15, 0.2) is 47.0 Å². The second-order valence-corrected chi connectivity index (χ2v) is 6.30. The van der Waals surface area contributed by atoms with Gasteiger partial charge in [-0.2, -0.15) is 0 Å². The van der Waals surface area contributed by atoms with Gasteiger partial charge in [0.25, 0.3) is 5.91 Å². The van der Waals surface area contributed by atoms with Crippen LogP contribution in [0, 0.1) is 13.8 Å². The first-order valence-electron chi connectivity index (χ1n) is 8.60. The lowest BCUT2D eigenvalue weighted by Gasteiger charge is -2.17. The number of rotatable bonds is 5. The number of nitrogens with zero attached hydrogens (tertiary/aromatic N) is 1. The number of benzene rings is 2. The first-order chi connectivity index (χ1) is 13.0. The normalized spacial score (nSPS) is 11.8. The lowest BCUT2D eigenvalue weighted by Crippen LogP contribution is -2.47. The molecule has 0 saturated carbocycles. The summed E-state index contributed by atoms with van der Waals surface area (Å²) >= 11 is 0. The van der Waals surface area contributed by atoms with Crippen molar-refractivity contribution in [1.82, 2.24) is 16.0 Å². The molecule has 140 valence electrons. The minimum atomic E-state index is -0.765. The molecule has 1 heterocycles. The van der Waals surface area contributed by atoms with Gasteiger partial charge in [-0.15, -0.1) is 0 Å². The number of para-hydroxylation sites is 1. The lowest BCUT2D eigenvalue weighted by molar-refractivity contribution is -0.132. The maximum Gasteiger partial charge on any atom is 0.279 e. The van der Waals surface area contributed by atoms with Crippen LogP contribution < -0.4 is 15.6 Å². The van der Waals surface area contributed by atoms with Crippen LogP contribution in [0.4, 0.5) is 0 Å². The Morgan fingerprint density at radius 2 is 1.89 bits per heavy atom. The van der Waals surface area contributed by atoms with E-state index in [0.717, 1.165) is 16.5 Å². The average molecular weight is 367 g/mol. The minimum absolute atomic E-state index is 0.0104. The van der Waals surface area contributed by atoms with Gasteiger partial charge < -0.3 is 9.26 Å². The fraction of sp³-hybridized carbons (Fsp3) is 0.250. The largest absolute Gasteiger partial charge is 0.481 e. The molecular weight excluding hydrogens is 346 g/mol. The fourth-order valence-corrected chi connectivity index (χ4v) is 2.59. The zero-order valence-corrected chi connectivity index (χ0v) is 15.4. The molecule has 7 heteroatoms. The van der Waals surface area contributed by atoms with Crippen molar-refractivity contribution in [3.05, 3.63) is 59.3 Å². The molecule has 1 aromatic heterocycles. The maximum absolute atomic E-state index is 12.2. The van der Waals surface area contributed by atoms with Gasteiger partial charge in [0.1, 0.15) is 11.4 Å². The highest BCUT2D eigenvalue weighted by molar-refractivity contribution is 5.88. The summed E-state index contributed by atoms with van der Waals surface area (Å²) in [5.74, 6) is -0.214. The van der Waals surface area contributed by atoms with E-state index in [1.807, 2.05) is 44.2 Å². The Labute approximate surface area is 156 Å². The molecule has 0 aliphatic rings. The first kappa shape index (κ1) is 18.4. The summed E-state index contributed by atoms with van der Waals surface area (Å²) in [6, 6.07) is 12.9. The van der Waals surface area contributed by atoms with Gasteiger partial charge in [-0.25, -0.2) is 0 Å². The van der Waals surface area contributed by atoms with E-state index < -0.39 is 17.9 Å². The van der Waals surface area contributed by atoms with Crippen molar-refractivity contribution in [3.8, 4) is 5.75 Å². The smallest absolute Gasteiger partial charge is 0.279 e. The summed E-state index contributed by atoms with van der Waals surface area (Å²) in [5.41, 5.74) is 7.92. The molecule has 1 atom stereocenters. The maximum atomic E-state index is 12.2. The molecular formula is C20H21N3O4. The van der Waals surface area contributed by atoms with Crippen LogP contribution in [0.1, 0.15) is 23.7 Å². The lowest BCUT2D eigenvalue weighted by atomic mass is 10.1. The van der Waals surface area contributed by atoms with E-state index in [1.54, 1.807) is 19.1 Å². The van der Waals surface area contributed by atoms with Crippen molar-refractivity contribution in [3.63, 3.8) is 0 Å². The molecule has 27 heavy (non-hydrogen) atoms. The standard InChI is InChI=1S/C20H21N3O4/c1-12-7-6-10-17(13(12)2)26-14(3)20(25)22-21-19(24)11-16-15-8-4-5-9-18(15)27-23-16/h4-10,14H,11H2,1-3H3,(H,21,24)(H,22,25). The van der Waals surface area contributed by atoms with Gasteiger partial charge in [0, 0.05) is 5.39 Å². The van der Waals surface area contributed by atoms with Gasteiger partial charge in [-0.1, -0.05) is 29.4 Å². The molecule has 3 aromatic rings. The molecule has 0 aliphatic carbocycles. The molecule has 0 spiro atoms. The molecule has 1 unspecified atom stereocenters. The summed E-state index contributed by atoms with van der Waals surface area (Å²) in [4.78, 5) is 24.3. The van der Waals surface area contributed by atoms with Crippen LogP contribution in [0.2, 0.25) is 0 Å². The van der Waals surface area contributed by atoms with E-state index in [9.17, 15) is 9.59 Å². The third-order valence-electron chi connectivity index (χ3n) is 4.33. The summed E-state index contributed by atoms with van der Waals surface area (Å²) < 4.78 is 10.9. The van der Waals surface area contributed by atoms with E-state index in [-0.39, 0.29) is 6.42 Å². The Bertz CT molecular complexity index is 980. The van der Waals surface area contributed by atoms with Crippen LogP contribution in [-0.4, -0.2) is 23.1 Å². The van der Waals surface area contributed by atoms with Crippen molar-refractivity contribution >= 4 is 22.8 Å². The number of amides is 2. The Morgan fingerprint density at radius 3 is 2.70 bits per heavy atom. The Morgan fingerprint density at radius 1 is 1.11 bits per heavy atom. The number of ether oxygens (including phenoxy) is 1. The van der Waals surface area contributed by atoms with E-state index >= 15 is 0 Å². The summed E-state index contributed by atoms with van der Waals surface area (Å²) in [5, 5.41) is 4.67. The van der Waals surface area contributed by atoms with Crippen molar-refractivity contribution in [2.24, 2.45) is 0 Å². The SMILES string of the molecule is Cc1cccc(OC(C)C(=O)NNC(=O)Cc2noc3ccccc23)c1C. The predicted molar refractivity (Wildman–Crippen MR) is 100 cm³/mol. The van der Waals surface area contributed by atoms with E-state index in [0.29, 0.717) is 17.0 Å². The van der Waals surface area contributed by atoms with E-state index in [2.05, 4.69) is 16.0 Å². The van der Waals surface area contributed by atoms with Crippen LogP contribution in [0.25, 0.3) is 11.0 Å². The zero-order chi connectivity index (χ0) is 19.4. The fourth-order valence-electron chi connectivity index (χ4n) is 2.59. The summed E-state index contributed by atoms with van der Waals surface area (Å²) in [7, 11) is 0. The van der Waals surface area contributed by atoms with Gasteiger partial charge in [0.15, 0.2) is 11.7 Å². The molecule has 0 aliphatic heterocycles. The van der Waals surface area contributed by atoms with Crippen LogP contribution >= 0.6 is 0 Å². The minimum Gasteiger partial charge on any atom is -0.481 e. The quantitative estimate of drug-likeness (QED) is 0.676. The molecule has 7 nitrogen and oxygen atoms in total. The van der Waals surface area contributed by atoms with Crippen molar-refractivity contribution in [2.75, 3.05) is 0 Å². The summed E-state index contributed by atoms with van der Waals surface area (Å²) in [6.45, 7) is 5.52. The molecule has 2 aromatic carbocycles. The third kappa shape index (κ3) is 4.25. The van der Waals surface area contributed by atoms with Gasteiger partial charge in [-0.3, -0.25) is 20.4 Å². The number of hydrazine groups is 1. The Hall–Kier alpha value is -3.35. The highest BCUT2D eigenvalue weighted by Crippen LogP contribution is 2.21. The van der Waals surface area contributed by atoms with Gasteiger partial charge >= 0.3 is 0 Å². The van der Waals surface area contributed by atoms with E-state index in [1.165, 1.54) is 0 Å². The van der Waals surface area contributed by atoms with Gasteiger partial charge in [0.2, 0.25) is 5.91 Å². The highest BCUT2D eigenvalue weighted by Gasteiger charge is 2.18. The van der Waals surface area contributed by atoms with Crippen LogP contribution in [0.5, 0.6) is 5.75 Å². The number of carbonyl (C=O) groups excluding carboxylic acids is 2. The Balaban J connectivity index is 1.53. The molecule has 0 bridgehead atoms. The van der Waals surface area contributed by atoms with Crippen LogP contribution in [0.3, 0.4) is 0 Å². The molecule has 0 saturated heterocycles. The monoisotopic (exact) mass is 367 g/mol. The third-order valence-corrected chi connectivity index (χ3v) is 4.33. The molecule has 0 fully saturated rings. The molecule has 2 N–H and O–H groups in total. The number of carbonyl (C=O) groups is 2. The van der Waals surface area contributed by atoms with Crippen molar-refractivity contribution in [1.29, 1.82) is 0 Å². The van der Waals surface area contributed by atoms with Crippen molar-refractivity contribution < 1.29 is 18.8 Å². The van der Waals surface area contributed by atoms with Gasteiger partial charge in [-0.05, 0) is 50.1 Å². The number of aromatic nitrogens is 1. The van der Waals surface area contributed by atoms with Gasteiger partial charge in [0.05, 0.1) is 6.42 Å². The second-order valence-electron chi connectivity index (χ2n) is 6.30. The predicted octanol–water partition coefficient (Wildman–Crippen LogP) is 2.60. The average Bonchev–Trinajstić information content (AvgIpc) is 3.06. The molecule has 3 rings (SSSR count). The van der Waals surface area contributed by atoms with Crippen LogP contribution in [-0.2, 0) is 16.0 Å². The molecule has 2 amide bonds. The molecule has 0 radical (unpaired) electrons. The first-order valence-corrected chi connectivity index (χ1v) is 8.60.